The number of primary amides is 1. The summed E-state index contributed by atoms with van der Waals surface area (Å²) in [5, 5.41) is 0. The number of hydrogen-bond acceptors (Lipinski definition) is 4. The Morgan fingerprint density at radius 2 is 2.00 bits per heavy atom. The number of ether oxygens (including phenoxy) is 1. The average molecular weight is 459 g/mol. The van der Waals surface area contributed by atoms with Gasteiger partial charge < -0.3 is 19.9 Å². The Morgan fingerprint density at radius 1 is 1.18 bits per heavy atom. The van der Waals surface area contributed by atoms with Gasteiger partial charge in [-0.15, -0.1) is 0 Å². The molecule has 6 rings (SSSR count). The van der Waals surface area contributed by atoms with Crippen molar-refractivity contribution in [3.8, 4) is 0 Å². The van der Waals surface area contributed by atoms with Gasteiger partial charge in [0.15, 0.2) is 0 Å². The van der Waals surface area contributed by atoms with Crippen molar-refractivity contribution >= 4 is 16.9 Å². The van der Waals surface area contributed by atoms with E-state index in [1.165, 1.54) is 35.3 Å². The zero-order valence-electron chi connectivity index (χ0n) is 20.1. The van der Waals surface area contributed by atoms with Gasteiger partial charge in [-0.3, -0.25) is 4.79 Å². The number of benzene rings is 2. The van der Waals surface area contributed by atoms with E-state index in [4.69, 9.17) is 15.5 Å². The van der Waals surface area contributed by atoms with E-state index >= 15 is 0 Å². The summed E-state index contributed by atoms with van der Waals surface area (Å²) in [4.78, 5) is 19.9. The quantitative estimate of drug-likeness (QED) is 0.608. The summed E-state index contributed by atoms with van der Waals surface area (Å²) in [6.07, 6.45) is 4.48. The minimum atomic E-state index is -0.206. The van der Waals surface area contributed by atoms with E-state index < -0.39 is 0 Å². The van der Waals surface area contributed by atoms with Crippen molar-refractivity contribution in [2.24, 2.45) is 11.7 Å². The van der Waals surface area contributed by atoms with Gasteiger partial charge in [-0.05, 0) is 67.3 Å². The fraction of sp³-hybridized carbons (Fsp3) is 0.500. The third kappa shape index (κ3) is 3.73. The van der Waals surface area contributed by atoms with Crippen molar-refractivity contribution in [2.75, 3.05) is 26.7 Å². The van der Waals surface area contributed by atoms with E-state index in [2.05, 4.69) is 52.8 Å². The second kappa shape index (κ2) is 8.51. The summed E-state index contributed by atoms with van der Waals surface area (Å²) in [7, 11) is 1.83. The summed E-state index contributed by atoms with van der Waals surface area (Å²) >= 11 is 0. The van der Waals surface area contributed by atoms with E-state index in [-0.39, 0.29) is 29.9 Å². The number of amides is 1. The number of piperidine rings is 1. The molecule has 2 aliphatic carbocycles. The van der Waals surface area contributed by atoms with Gasteiger partial charge in [0, 0.05) is 32.7 Å². The van der Waals surface area contributed by atoms with E-state index in [0.717, 1.165) is 43.6 Å². The van der Waals surface area contributed by atoms with E-state index in [1.54, 1.807) is 0 Å². The number of hydrogen-bond donors (Lipinski definition) is 1. The van der Waals surface area contributed by atoms with Crippen molar-refractivity contribution in [3.63, 3.8) is 0 Å². The molecule has 178 valence electrons. The maximum Gasteiger partial charge on any atom is 0.225 e. The smallest absolute Gasteiger partial charge is 0.225 e. The molecule has 1 aliphatic heterocycles. The Hall–Kier alpha value is -2.70. The number of nitrogens with two attached hydrogens (primary N) is 1. The van der Waals surface area contributed by atoms with Crippen LogP contribution in [0.25, 0.3) is 11.0 Å². The highest BCUT2D eigenvalue weighted by Crippen LogP contribution is 2.44. The topological polar surface area (TPSA) is 73.4 Å². The number of rotatable bonds is 6. The Kier molecular flexibility index (Phi) is 5.46. The number of aryl methyl sites for hydroxylation is 1. The number of fused-ring (bicyclic) bond motifs is 2. The van der Waals surface area contributed by atoms with Crippen LogP contribution in [0.15, 0.2) is 42.5 Å². The molecule has 0 spiro atoms. The predicted octanol–water partition coefficient (Wildman–Crippen LogP) is 3.93. The van der Waals surface area contributed by atoms with Crippen LogP contribution in [0.5, 0.6) is 0 Å². The van der Waals surface area contributed by atoms with Gasteiger partial charge in [0.1, 0.15) is 5.82 Å². The molecule has 6 heteroatoms. The van der Waals surface area contributed by atoms with Gasteiger partial charge in [0.05, 0.1) is 29.1 Å². The first-order valence-corrected chi connectivity index (χ1v) is 12.6. The summed E-state index contributed by atoms with van der Waals surface area (Å²) in [5.74, 6) is 1.64. The molecular weight excluding hydrogens is 424 g/mol. The summed E-state index contributed by atoms with van der Waals surface area (Å²) in [6.45, 7) is 4.84. The first-order chi connectivity index (χ1) is 16.5. The van der Waals surface area contributed by atoms with E-state index in [1.807, 2.05) is 13.2 Å². The number of nitrogens with zero attached hydrogens (tertiary/aromatic N) is 3. The average Bonchev–Trinajstić information content (AvgIpc) is 3.51. The lowest BCUT2D eigenvalue weighted by Crippen LogP contribution is -2.48. The van der Waals surface area contributed by atoms with Crippen LogP contribution >= 0.6 is 0 Å². The molecule has 4 atom stereocenters. The van der Waals surface area contributed by atoms with Crippen LogP contribution in [0.3, 0.4) is 0 Å². The van der Waals surface area contributed by atoms with Gasteiger partial charge in [0.25, 0.3) is 0 Å². The standard InChI is InChI=1S/C28H34N4O2/c1-17-7-10-23-22(13-17)30-28(18-8-9-18)32(23)24-11-12-31(16-25(24)34-2)15-20-14-19-5-3-4-6-21(19)26(20)27(29)33/h3-7,10,13,18,20,24-26H,8-9,11-12,14-16H2,1-2H3,(H2,29,33)/t20?,24-,25-,26?/m1/s1. The molecular formula is C28H34N4O2. The van der Waals surface area contributed by atoms with Gasteiger partial charge in [-0.2, -0.15) is 0 Å². The van der Waals surface area contributed by atoms with E-state index in [9.17, 15) is 4.79 Å². The number of likely N-dealkylation sites (tertiary alicyclic amines) is 1. The zero-order chi connectivity index (χ0) is 23.4. The lowest BCUT2D eigenvalue weighted by molar-refractivity contribution is -0.120. The molecule has 6 nitrogen and oxygen atoms in total. The predicted molar refractivity (Wildman–Crippen MR) is 133 cm³/mol. The SMILES string of the molecule is CO[C@@H]1CN(CC2Cc3ccccc3C2C(N)=O)CC[C@H]1n1c(C2CC2)nc2cc(C)ccc21. The minimum absolute atomic E-state index is 0.0840. The largest absolute Gasteiger partial charge is 0.378 e. The van der Waals surface area contributed by atoms with E-state index in [0.29, 0.717) is 5.92 Å². The Labute approximate surface area is 201 Å². The van der Waals surface area contributed by atoms with Gasteiger partial charge in [0.2, 0.25) is 5.91 Å². The molecule has 0 bridgehead atoms. The normalized spacial score (nSPS) is 27.2. The van der Waals surface area contributed by atoms with Crippen molar-refractivity contribution in [1.82, 2.24) is 14.5 Å². The molecule has 2 fully saturated rings. The van der Waals surface area contributed by atoms with Crippen molar-refractivity contribution < 1.29 is 9.53 Å². The highest BCUT2D eigenvalue weighted by molar-refractivity contribution is 5.84. The third-order valence-corrected chi connectivity index (χ3v) is 8.20. The van der Waals surface area contributed by atoms with Crippen LogP contribution in [-0.4, -0.2) is 53.2 Å². The number of carbonyl (C=O) groups is 1. The maximum atomic E-state index is 12.4. The lowest BCUT2D eigenvalue weighted by Gasteiger charge is -2.40. The summed E-state index contributed by atoms with van der Waals surface area (Å²) < 4.78 is 8.60. The molecule has 2 heterocycles. The number of aromatic nitrogens is 2. The Bertz CT molecular complexity index is 1230. The highest BCUT2D eigenvalue weighted by atomic mass is 16.5. The molecule has 1 saturated carbocycles. The van der Waals surface area contributed by atoms with Crippen LogP contribution in [0.2, 0.25) is 0 Å². The van der Waals surface area contributed by atoms with Crippen molar-refractivity contribution in [2.45, 2.75) is 56.6 Å². The van der Waals surface area contributed by atoms with Crippen LogP contribution in [0.4, 0.5) is 0 Å². The van der Waals surface area contributed by atoms with Crippen molar-refractivity contribution in [3.05, 3.63) is 65.0 Å². The maximum absolute atomic E-state index is 12.4. The summed E-state index contributed by atoms with van der Waals surface area (Å²) in [5.41, 5.74) is 11.8. The van der Waals surface area contributed by atoms with Gasteiger partial charge in [-0.25, -0.2) is 4.98 Å². The van der Waals surface area contributed by atoms with Gasteiger partial charge >= 0.3 is 0 Å². The second-order valence-corrected chi connectivity index (χ2v) is 10.5. The molecule has 0 radical (unpaired) electrons. The molecule has 2 N–H and O–H groups in total. The van der Waals surface area contributed by atoms with Gasteiger partial charge in [-0.1, -0.05) is 30.3 Å². The highest BCUT2D eigenvalue weighted by Gasteiger charge is 2.40. The zero-order valence-corrected chi connectivity index (χ0v) is 20.1. The first kappa shape index (κ1) is 21.8. The fourth-order valence-electron chi connectivity index (χ4n) is 6.43. The van der Waals surface area contributed by atoms with Crippen molar-refractivity contribution in [1.29, 1.82) is 0 Å². The Morgan fingerprint density at radius 3 is 2.76 bits per heavy atom. The summed E-state index contributed by atoms with van der Waals surface area (Å²) in [6, 6.07) is 15.2. The molecule has 1 saturated heterocycles. The molecule has 3 aromatic rings. The molecule has 3 aliphatic rings. The number of methoxy groups -OCH3 is 1. The monoisotopic (exact) mass is 458 g/mol. The number of carbonyl (C=O) groups excluding carboxylic acids is 1. The Balaban J connectivity index is 1.24. The molecule has 2 aromatic carbocycles. The number of imidazole rings is 1. The molecule has 2 unspecified atom stereocenters. The molecule has 34 heavy (non-hydrogen) atoms. The molecule has 1 amide bonds. The van der Waals surface area contributed by atoms with Crippen LogP contribution < -0.4 is 5.73 Å². The third-order valence-electron chi connectivity index (χ3n) is 8.20. The van der Waals surface area contributed by atoms with Crippen LogP contribution in [-0.2, 0) is 16.0 Å². The van der Waals surface area contributed by atoms with Crippen LogP contribution in [0.1, 0.15) is 59.7 Å². The first-order valence-electron chi connectivity index (χ1n) is 12.6. The molecule has 1 aromatic heterocycles. The lowest BCUT2D eigenvalue weighted by atomic mass is 9.90. The fourth-order valence-corrected chi connectivity index (χ4v) is 6.43. The van der Waals surface area contributed by atoms with Crippen LogP contribution in [0, 0.1) is 12.8 Å². The minimum Gasteiger partial charge on any atom is -0.378 e. The second-order valence-electron chi connectivity index (χ2n) is 10.5.